The number of hydrogen-bond acceptors (Lipinski definition) is 8. The maximum absolute atomic E-state index is 14.6. The molecule has 262 valence electrons. The van der Waals surface area contributed by atoms with Gasteiger partial charge in [-0.3, -0.25) is 19.4 Å². The number of aryl methyl sites for hydroxylation is 1. The Morgan fingerprint density at radius 1 is 1.02 bits per heavy atom. The summed E-state index contributed by atoms with van der Waals surface area (Å²) in [5.74, 6) is 1.42. The molecular weight excluding hydrogens is 620 g/mol. The number of β-amino-alcohol motifs (C(OH)–C–C–N with tert-alkyl or cyclic N) is 1. The highest BCUT2D eigenvalue weighted by molar-refractivity contribution is 5.94. The number of benzene rings is 1. The molecule has 5 aliphatic rings. The Bertz CT molecular complexity index is 1650. The Hall–Kier alpha value is -3.99. The maximum Gasteiger partial charge on any atom is 0.410 e. The molecule has 1 aromatic carbocycles. The summed E-state index contributed by atoms with van der Waals surface area (Å²) < 4.78 is 13.2. The zero-order chi connectivity index (χ0) is 34.3. The number of carbonyl (C=O) groups excluding carboxylic acids is 2. The average molecular weight is 671 g/mol. The normalized spacial score (nSPS) is 26.8. The number of nitrogens with zero attached hydrogens (tertiary/aromatic N) is 6. The van der Waals surface area contributed by atoms with Crippen LogP contribution in [0.4, 0.5) is 10.6 Å². The molecule has 11 heteroatoms. The summed E-state index contributed by atoms with van der Waals surface area (Å²) in [6.07, 6.45) is 15.3. The number of carbonyl (C=O) groups is 2. The number of aromatic nitrogens is 4. The Morgan fingerprint density at radius 2 is 1.73 bits per heavy atom. The Labute approximate surface area is 289 Å². The number of aliphatic hydroxyl groups is 1. The summed E-state index contributed by atoms with van der Waals surface area (Å²) in [6.45, 7) is 7.56. The summed E-state index contributed by atoms with van der Waals surface area (Å²) in [5.41, 5.74) is 4.36. The number of likely N-dealkylation sites (tertiary alicyclic amines) is 1. The molecule has 3 heterocycles. The SMILES string of the molecule is COc1ccc(C23CCC(CN(C(=O)C4CCC(OC(=O)N5CC(O)C5)CC4)c4cncc(-c5cnn(C(C)C)c5)n4)(CC2)CC3)cc1C. The number of aliphatic hydroxyl groups excluding tert-OH is 1. The molecule has 2 aromatic heterocycles. The second-order valence-corrected chi connectivity index (χ2v) is 15.4. The van der Waals surface area contributed by atoms with E-state index in [4.69, 9.17) is 14.5 Å². The fourth-order valence-electron chi connectivity index (χ4n) is 8.60. The van der Waals surface area contributed by atoms with E-state index >= 15 is 0 Å². The van der Waals surface area contributed by atoms with Crippen LogP contribution in [0, 0.1) is 18.3 Å². The largest absolute Gasteiger partial charge is 0.496 e. The molecule has 0 spiro atoms. The van der Waals surface area contributed by atoms with Gasteiger partial charge >= 0.3 is 6.09 Å². The number of anilines is 1. The van der Waals surface area contributed by atoms with Crippen LogP contribution in [0.3, 0.4) is 0 Å². The molecule has 2 amide bonds. The number of fused-ring (bicyclic) bond motifs is 3. The second kappa shape index (κ2) is 13.4. The van der Waals surface area contributed by atoms with E-state index in [1.807, 2.05) is 22.0 Å². The van der Waals surface area contributed by atoms with Gasteiger partial charge in [-0.05, 0) is 113 Å². The van der Waals surface area contributed by atoms with Gasteiger partial charge in [-0.2, -0.15) is 5.10 Å². The summed E-state index contributed by atoms with van der Waals surface area (Å²) in [5, 5.41) is 14.1. The summed E-state index contributed by atoms with van der Waals surface area (Å²) >= 11 is 0. The third kappa shape index (κ3) is 6.66. The van der Waals surface area contributed by atoms with Crippen molar-refractivity contribution < 1.29 is 24.2 Å². The van der Waals surface area contributed by atoms with Crippen molar-refractivity contribution in [1.29, 1.82) is 0 Å². The van der Waals surface area contributed by atoms with Crippen LogP contribution < -0.4 is 9.64 Å². The number of rotatable bonds is 9. The lowest BCUT2D eigenvalue weighted by Crippen LogP contribution is -2.54. The molecule has 11 nitrogen and oxygen atoms in total. The third-order valence-corrected chi connectivity index (χ3v) is 11.9. The van der Waals surface area contributed by atoms with Crippen LogP contribution in [-0.4, -0.2) is 80.7 Å². The minimum Gasteiger partial charge on any atom is -0.496 e. The van der Waals surface area contributed by atoms with Gasteiger partial charge in [0, 0.05) is 30.3 Å². The van der Waals surface area contributed by atoms with Gasteiger partial charge < -0.3 is 19.5 Å². The smallest absolute Gasteiger partial charge is 0.410 e. The Balaban J connectivity index is 1.10. The van der Waals surface area contributed by atoms with Crippen molar-refractivity contribution in [1.82, 2.24) is 24.6 Å². The van der Waals surface area contributed by atoms with Crippen LogP contribution >= 0.6 is 0 Å². The molecule has 8 rings (SSSR count). The van der Waals surface area contributed by atoms with Gasteiger partial charge in [0.15, 0.2) is 5.82 Å². The van der Waals surface area contributed by atoms with E-state index < -0.39 is 6.10 Å². The third-order valence-electron chi connectivity index (χ3n) is 11.9. The lowest BCUT2D eigenvalue weighted by Gasteiger charge is -2.55. The van der Waals surface area contributed by atoms with Crippen LogP contribution in [-0.2, 0) is 14.9 Å². The molecule has 4 saturated carbocycles. The highest BCUT2D eigenvalue weighted by Crippen LogP contribution is 2.58. The number of ether oxygens (including phenoxy) is 2. The van der Waals surface area contributed by atoms with Crippen molar-refractivity contribution in [3.8, 4) is 17.0 Å². The van der Waals surface area contributed by atoms with Gasteiger partial charge in [-0.15, -0.1) is 0 Å². The highest BCUT2D eigenvalue weighted by Gasteiger charge is 2.51. The van der Waals surface area contributed by atoms with E-state index in [1.165, 1.54) is 16.0 Å². The molecule has 49 heavy (non-hydrogen) atoms. The number of hydrogen-bond donors (Lipinski definition) is 1. The lowest BCUT2D eigenvalue weighted by atomic mass is 9.51. The van der Waals surface area contributed by atoms with Crippen LogP contribution in [0.5, 0.6) is 5.75 Å². The predicted molar refractivity (Wildman–Crippen MR) is 185 cm³/mol. The number of amides is 2. The monoisotopic (exact) mass is 670 g/mol. The lowest BCUT2D eigenvalue weighted by molar-refractivity contribution is -0.124. The quantitative estimate of drug-likeness (QED) is 0.284. The molecule has 3 aromatic rings. The first kappa shape index (κ1) is 33.5. The zero-order valence-electron chi connectivity index (χ0n) is 29.3. The van der Waals surface area contributed by atoms with Crippen molar-refractivity contribution in [2.45, 2.75) is 109 Å². The van der Waals surface area contributed by atoms with E-state index in [0.717, 1.165) is 49.8 Å². The van der Waals surface area contributed by atoms with Gasteiger partial charge in [-0.25, -0.2) is 9.78 Å². The maximum atomic E-state index is 14.6. The van der Waals surface area contributed by atoms with Crippen molar-refractivity contribution in [3.63, 3.8) is 0 Å². The predicted octanol–water partition coefficient (Wildman–Crippen LogP) is 6.24. The van der Waals surface area contributed by atoms with Crippen molar-refractivity contribution in [2.24, 2.45) is 11.3 Å². The van der Waals surface area contributed by atoms with Gasteiger partial charge in [-0.1, -0.05) is 12.1 Å². The molecule has 4 aliphatic carbocycles. The minimum atomic E-state index is -0.462. The first-order valence-electron chi connectivity index (χ1n) is 18.0. The van der Waals surface area contributed by atoms with Gasteiger partial charge in [0.25, 0.3) is 0 Å². The second-order valence-electron chi connectivity index (χ2n) is 15.4. The van der Waals surface area contributed by atoms with Crippen LogP contribution in [0.2, 0.25) is 0 Å². The van der Waals surface area contributed by atoms with E-state index in [2.05, 4.69) is 49.1 Å². The molecule has 1 N–H and O–H groups in total. The molecular formula is C38H50N6O5. The van der Waals surface area contributed by atoms with E-state index in [-0.39, 0.29) is 40.9 Å². The number of methoxy groups -OCH3 is 1. The van der Waals surface area contributed by atoms with Gasteiger partial charge in [0.2, 0.25) is 5.91 Å². The van der Waals surface area contributed by atoms with E-state index in [9.17, 15) is 14.7 Å². The highest BCUT2D eigenvalue weighted by atomic mass is 16.6. The fraction of sp³-hybridized carbons (Fsp3) is 0.605. The topological polar surface area (TPSA) is 123 Å². The van der Waals surface area contributed by atoms with Crippen LogP contribution in [0.1, 0.15) is 95.2 Å². The van der Waals surface area contributed by atoms with Gasteiger partial charge in [0.05, 0.1) is 50.6 Å². The first-order valence-corrected chi connectivity index (χ1v) is 18.0. The molecule has 0 radical (unpaired) electrons. The van der Waals surface area contributed by atoms with Crippen molar-refractivity contribution in [2.75, 3.05) is 31.6 Å². The van der Waals surface area contributed by atoms with E-state index in [1.54, 1.807) is 19.5 Å². The zero-order valence-corrected chi connectivity index (χ0v) is 29.3. The van der Waals surface area contributed by atoms with Crippen LogP contribution in [0.25, 0.3) is 11.3 Å². The molecule has 2 bridgehead atoms. The first-order chi connectivity index (χ1) is 23.6. The summed E-state index contributed by atoms with van der Waals surface area (Å²) in [6, 6.07) is 6.90. The van der Waals surface area contributed by atoms with E-state index in [0.29, 0.717) is 56.8 Å². The minimum absolute atomic E-state index is 0.0215. The van der Waals surface area contributed by atoms with Crippen LogP contribution in [0.15, 0.2) is 43.0 Å². The summed E-state index contributed by atoms with van der Waals surface area (Å²) in [7, 11) is 1.73. The molecule has 0 unspecified atom stereocenters. The fourth-order valence-corrected chi connectivity index (χ4v) is 8.60. The molecule has 5 fully saturated rings. The molecule has 1 saturated heterocycles. The van der Waals surface area contributed by atoms with Crippen molar-refractivity contribution in [3.05, 3.63) is 54.1 Å². The molecule has 0 atom stereocenters. The molecule has 1 aliphatic heterocycles. The van der Waals surface area contributed by atoms with Crippen molar-refractivity contribution >= 4 is 17.8 Å². The Kier molecular flexibility index (Phi) is 9.15. The average Bonchev–Trinajstić information content (AvgIpc) is 3.61. The standard InChI is InChI=1S/C38H50N6O5/c1-25(2)44-21-28(18-40-44)32-19-39-20-34(41-32)43(35(46)27-5-8-31(9-6-27)49-36(47)42-22-30(45)23-42)24-37-11-14-38(15-12-37,16-13-37)29-7-10-33(48-4)26(3)17-29/h7,10,17-21,25,27,30-31,45H,5-6,8-9,11-16,22-24H2,1-4H3. The summed E-state index contributed by atoms with van der Waals surface area (Å²) in [4.78, 5) is 40.2. The van der Waals surface area contributed by atoms with Gasteiger partial charge in [0.1, 0.15) is 11.9 Å². The Morgan fingerprint density at radius 3 is 2.35 bits per heavy atom.